The van der Waals surface area contributed by atoms with Gasteiger partial charge in [0.05, 0.1) is 23.7 Å². The fourth-order valence-corrected chi connectivity index (χ4v) is 6.10. The standard InChI is InChI=1S/C22H31N5O3S/c28-22(24-21-9-11-23-27(21)20-10-17-31(29,30)18-20)26-14-5-13-25(15-16-26)12-4-8-19-6-2-1-3-7-19/h1-3,6-7,9,11,20H,4-5,8,10,12-18H2,(H,24,28). The van der Waals surface area contributed by atoms with Crippen LogP contribution >= 0.6 is 0 Å². The number of rotatable bonds is 6. The smallest absolute Gasteiger partial charge is 0.323 e. The summed E-state index contributed by atoms with van der Waals surface area (Å²) in [7, 11) is -3.01. The van der Waals surface area contributed by atoms with Crippen LogP contribution in [0.5, 0.6) is 0 Å². The highest BCUT2D eigenvalue weighted by atomic mass is 32.2. The van der Waals surface area contributed by atoms with Gasteiger partial charge in [-0.05, 0) is 44.3 Å². The molecule has 2 aromatic rings. The Morgan fingerprint density at radius 3 is 2.71 bits per heavy atom. The summed E-state index contributed by atoms with van der Waals surface area (Å²) in [5.74, 6) is 0.826. The number of sulfone groups is 1. The Bertz CT molecular complexity index is 976. The van der Waals surface area contributed by atoms with Crippen LogP contribution in [0.2, 0.25) is 0 Å². The summed E-state index contributed by atoms with van der Waals surface area (Å²) in [6.45, 7) is 4.29. The number of aromatic nitrogens is 2. The Kier molecular flexibility index (Phi) is 6.92. The molecule has 0 saturated carbocycles. The first-order valence-electron chi connectivity index (χ1n) is 11.1. The third kappa shape index (κ3) is 5.86. The number of carbonyl (C=O) groups excluding carboxylic acids is 1. The Morgan fingerprint density at radius 1 is 1.10 bits per heavy atom. The molecule has 2 amide bonds. The van der Waals surface area contributed by atoms with E-state index in [4.69, 9.17) is 0 Å². The Labute approximate surface area is 184 Å². The van der Waals surface area contributed by atoms with Gasteiger partial charge in [-0.2, -0.15) is 5.10 Å². The van der Waals surface area contributed by atoms with Crippen LogP contribution in [0, 0.1) is 0 Å². The van der Waals surface area contributed by atoms with Gasteiger partial charge in [0.15, 0.2) is 9.84 Å². The monoisotopic (exact) mass is 445 g/mol. The molecule has 1 N–H and O–H groups in total. The number of urea groups is 1. The summed E-state index contributed by atoms with van der Waals surface area (Å²) in [5.41, 5.74) is 1.37. The molecule has 0 aliphatic carbocycles. The van der Waals surface area contributed by atoms with E-state index in [0.29, 0.717) is 25.3 Å². The van der Waals surface area contributed by atoms with Crippen molar-refractivity contribution in [3.05, 3.63) is 48.2 Å². The van der Waals surface area contributed by atoms with E-state index in [9.17, 15) is 13.2 Å². The SMILES string of the molecule is O=C(Nc1ccnn1C1CCS(=O)(=O)C1)N1CCCN(CCCc2ccccc2)CC1. The number of amides is 2. The summed E-state index contributed by atoms with van der Waals surface area (Å²) in [4.78, 5) is 17.1. The molecule has 2 saturated heterocycles. The minimum absolute atomic E-state index is 0.0825. The second-order valence-electron chi connectivity index (χ2n) is 8.42. The molecule has 0 radical (unpaired) electrons. The van der Waals surface area contributed by atoms with Gasteiger partial charge in [-0.1, -0.05) is 30.3 Å². The van der Waals surface area contributed by atoms with Crippen LogP contribution < -0.4 is 5.32 Å². The van der Waals surface area contributed by atoms with Crippen molar-refractivity contribution < 1.29 is 13.2 Å². The number of hydrogen-bond donors (Lipinski definition) is 1. The van der Waals surface area contributed by atoms with Crippen LogP contribution in [0.4, 0.5) is 10.6 Å². The van der Waals surface area contributed by atoms with E-state index >= 15 is 0 Å². The van der Waals surface area contributed by atoms with Crippen LogP contribution in [0.1, 0.15) is 30.9 Å². The fourth-order valence-electron chi connectivity index (χ4n) is 4.41. The van der Waals surface area contributed by atoms with E-state index in [1.807, 2.05) is 11.0 Å². The first kappa shape index (κ1) is 21.8. The highest BCUT2D eigenvalue weighted by molar-refractivity contribution is 7.91. The molecule has 2 aliphatic rings. The molecule has 1 aromatic carbocycles. The molecule has 3 heterocycles. The molecule has 1 unspecified atom stereocenters. The van der Waals surface area contributed by atoms with Crippen molar-refractivity contribution >= 4 is 21.7 Å². The summed E-state index contributed by atoms with van der Waals surface area (Å²) in [5, 5.41) is 7.21. The maximum atomic E-state index is 12.9. The zero-order valence-electron chi connectivity index (χ0n) is 17.8. The van der Waals surface area contributed by atoms with Gasteiger partial charge in [-0.3, -0.25) is 5.32 Å². The number of carbonyl (C=O) groups is 1. The van der Waals surface area contributed by atoms with Crippen molar-refractivity contribution in [2.75, 3.05) is 49.5 Å². The van der Waals surface area contributed by atoms with Crippen LogP contribution in [0.15, 0.2) is 42.6 Å². The minimum Gasteiger partial charge on any atom is -0.323 e. The second-order valence-corrected chi connectivity index (χ2v) is 10.6. The van der Waals surface area contributed by atoms with E-state index in [0.717, 1.165) is 38.9 Å². The maximum Gasteiger partial charge on any atom is 0.323 e. The minimum atomic E-state index is -3.01. The Morgan fingerprint density at radius 2 is 1.94 bits per heavy atom. The van der Waals surface area contributed by atoms with Gasteiger partial charge in [0.25, 0.3) is 0 Å². The number of aryl methyl sites for hydroxylation is 1. The summed E-state index contributed by atoms with van der Waals surface area (Å²) in [6.07, 6.45) is 5.27. The zero-order chi connectivity index (χ0) is 21.7. The normalized spacial score (nSPS) is 21.7. The third-order valence-electron chi connectivity index (χ3n) is 6.12. The van der Waals surface area contributed by atoms with Gasteiger partial charge in [-0.25, -0.2) is 17.9 Å². The number of anilines is 1. The number of benzene rings is 1. The highest BCUT2D eigenvalue weighted by Crippen LogP contribution is 2.26. The predicted octanol–water partition coefficient (Wildman–Crippen LogP) is 2.42. The van der Waals surface area contributed by atoms with Crippen LogP contribution in [-0.4, -0.2) is 78.3 Å². The van der Waals surface area contributed by atoms with Crippen molar-refractivity contribution in [2.24, 2.45) is 0 Å². The average Bonchev–Trinajstić information content (AvgIpc) is 3.27. The largest absolute Gasteiger partial charge is 0.323 e. The van der Waals surface area contributed by atoms with Crippen LogP contribution in [0.3, 0.4) is 0 Å². The van der Waals surface area contributed by atoms with E-state index < -0.39 is 9.84 Å². The second kappa shape index (κ2) is 9.82. The van der Waals surface area contributed by atoms with Gasteiger partial charge in [0.2, 0.25) is 0 Å². The molecule has 8 nitrogen and oxygen atoms in total. The molecule has 2 fully saturated rings. The van der Waals surface area contributed by atoms with Gasteiger partial charge >= 0.3 is 6.03 Å². The number of hydrogen-bond acceptors (Lipinski definition) is 5. The number of nitrogens with one attached hydrogen (secondary N) is 1. The quantitative estimate of drug-likeness (QED) is 0.738. The molecule has 4 rings (SSSR count). The van der Waals surface area contributed by atoms with Crippen molar-refractivity contribution in [1.82, 2.24) is 19.6 Å². The van der Waals surface area contributed by atoms with Gasteiger partial charge in [-0.15, -0.1) is 0 Å². The molecule has 9 heteroatoms. The molecule has 168 valence electrons. The molecule has 1 atom stereocenters. The lowest BCUT2D eigenvalue weighted by Crippen LogP contribution is -2.38. The Balaban J connectivity index is 1.26. The van der Waals surface area contributed by atoms with Crippen molar-refractivity contribution in [1.29, 1.82) is 0 Å². The fraction of sp³-hybridized carbons (Fsp3) is 0.545. The summed E-state index contributed by atoms with van der Waals surface area (Å²) >= 11 is 0. The predicted molar refractivity (Wildman–Crippen MR) is 121 cm³/mol. The highest BCUT2D eigenvalue weighted by Gasteiger charge is 2.31. The van der Waals surface area contributed by atoms with E-state index in [1.54, 1.807) is 16.9 Å². The van der Waals surface area contributed by atoms with Crippen molar-refractivity contribution in [2.45, 2.75) is 31.7 Å². The van der Waals surface area contributed by atoms with Crippen LogP contribution in [-0.2, 0) is 16.3 Å². The third-order valence-corrected chi connectivity index (χ3v) is 7.87. The Hall–Kier alpha value is -2.39. The van der Waals surface area contributed by atoms with Crippen molar-refractivity contribution in [3.8, 4) is 0 Å². The molecule has 1 aromatic heterocycles. The molecule has 0 bridgehead atoms. The first-order chi connectivity index (χ1) is 15.0. The summed E-state index contributed by atoms with van der Waals surface area (Å²) < 4.78 is 25.2. The topological polar surface area (TPSA) is 87.5 Å². The van der Waals surface area contributed by atoms with Crippen molar-refractivity contribution in [3.63, 3.8) is 0 Å². The average molecular weight is 446 g/mol. The molecule has 2 aliphatic heterocycles. The number of nitrogens with zero attached hydrogens (tertiary/aromatic N) is 4. The molecule has 0 spiro atoms. The first-order valence-corrected chi connectivity index (χ1v) is 12.9. The van der Waals surface area contributed by atoms with Gasteiger partial charge in [0.1, 0.15) is 5.82 Å². The molecular weight excluding hydrogens is 414 g/mol. The van der Waals surface area contributed by atoms with Gasteiger partial charge < -0.3 is 9.80 Å². The molecule has 31 heavy (non-hydrogen) atoms. The maximum absolute atomic E-state index is 12.9. The summed E-state index contributed by atoms with van der Waals surface area (Å²) in [6, 6.07) is 11.9. The zero-order valence-corrected chi connectivity index (χ0v) is 18.6. The van der Waals surface area contributed by atoms with E-state index in [-0.39, 0.29) is 23.6 Å². The lowest BCUT2D eigenvalue weighted by atomic mass is 10.1. The lowest BCUT2D eigenvalue weighted by molar-refractivity contribution is 0.211. The van der Waals surface area contributed by atoms with Gasteiger partial charge in [0, 0.05) is 25.7 Å². The lowest BCUT2D eigenvalue weighted by Gasteiger charge is -2.23. The van der Waals surface area contributed by atoms with Crippen LogP contribution in [0.25, 0.3) is 0 Å². The van der Waals surface area contributed by atoms with E-state index in [1.165, 1.54) is 5.56 Å². The molecular formula is C22H31N5O3S. The van der Waals surface area contributed by atoms with E-state index in [2.05, 4.69) is 39.6 Å².